The van der Waals surface area contributed by atoms with Crippen LogP contribution in [-0.4, -0.2) is 47.7 Å². The summed E-state index contributed by atoms with van der Waals surface area (Å²) in [6, 6.07) is 14.9. The first-order valence-electron chi connectivity index (χ1n) is 8.67. The summed E-state index contributed by atoms with van der Waals surface area (Å²) in [6.45, 7) is 3.77. The fourth-order valence-corrected chi connectivity index (χ4v) is 3.51. The van der Waals surface area contributed by atoms with Crippen molar-refractivity contribution in [1.29, 1.82) is 0 Å². The Bertz CT molecular complexity index is 855. The molecule has 0 bridgehead atoms. The van der Waals surface area contributed by atoms with Crippen molar-refractivity contribution in [3.63, 3.8) is 0 Å². The molecule has 0 spiro atoms. The van der Waals surface area contributed by atoms with Gasteiger partial charge in [0, 0.05) is 44.4 Å². The van der Waals surface area contributed by atoms with Gasteiger partial charge in [0.15, 0.2) is 0 Å². The average molecular weight is 339 g/mol. The number of anilines is 1. The van der Waals surface area contributed by atoms with Gasteiger partial charge in [0.1, 0.15) is 5.82 Å². The Morgan fingerprint density at radius 1 is 1.04 bits per heavy atom. The maximum Gasteiger partial charge on any atom is 0.146 e. The van der Waals surface area contributed by atoms with Crippen LogP contribution in [0.1, 0.15) is 11.7 Å². The minimum Gasteiger partial charge on any atom is -0.387 e. The van der Waals surface area contributed by atoms with E-state index in [0.717, 1.165) is 42.6 Å². The van der Waals surface area contributed by atoms with Crippen LogP contribution in [0.15, 0.2) is 54.7 Å². The summed E-state index contributed by atoms with van der Waals surface area (Å²) in [5, 5.41) is 11.7. The van der Waals surface area contributed by atoms with Crippen LogP contribution in [0.3, 0.4) is 0 Å². The highest BCUT2D eigenvalue weighted by molar-refractivity contribution is 5.80. The van der Waals surface area contributed by atoms with Crippen LogP contribution in [0.5, 0.6) is 0 Å². The molecule has 1 fully saturated rings. The summed E-state index contributed by atoms with van der Waals surface area (Å²) in [5.74, 6) is -0.171. The summed E-state index contributed by atoms with van der Waals surface area (Å²) in [5.41, 5.74) is 2.68. The number of nitrogens with zero attached hydrogens (tertiary/aromatic N) is 2. The molecule has 5 heteroatoms. The number of aromatic nitrogens is 1. The first-order valence-corrected chi connectivity index (χ1v) is 8.67. The number of benzene rings is 2. The molecule has 2 N–H and O–H groups in total. The molecule has 1 aromatic heterocycles. The van der Waals surface area contributed by atoms with Crippen LogP contribution in [0.2, 0.25) is 0 Å². The van der Waals surface area contributed by atoms with Gasteiger partial charge in [0.2, 0.25) is 0 Å². The summed E-state index contributed by atoms with van der Waals surface area (Å²) in [4.78, 5) is 7.48. The molecular formula is C20H22FN3O. The first kappa shape index (κ1) is 16.1. The van der Waals surface area contributed by atoms with E-state index >= 15 is 0 Å². The molecular weight excluding hydrogens is 317 g/mol. The lowest BCUT2D eigenvalue weighted by molar-refractivity contribution is 0.109. The minimum atomic E-state index is -0.515. The molecule has 1 aliphatic heterocycles. The molecule has 25 heavy (non-hydrogen) atoms. The quantitative estimate of drug-likeness (QED) is 0.767. The number of H-pyrrole nitrogens is 1. The normalized spacial score (nSPS) is 17.1. The number of aliphatic hydroxyl groups is 1. The molecule has 0 amide bonds. The van der Waals surface area contributed by atoms with E-state index in [1.165, 1.54) is 6.07 Å². The standard InChI is InChI=1S/C20H22FN3O/c21-17-3-1-2-4-19(17)24-11-9-23(10-12-24)14-20(25)16-5-6-18-15(13-16)7-8-22-18/h1-8,13,20,22,25H,9-12,14H2. The first-order chi connectivity index (χ1) is 12.2. The third-order valence-electron chi connectivity index (χ3n) is 4.96. The van der Waals surface area contributed by atoms with Gasteiger partial charge in [-0.3, -0.25) is 4.90 Å². The van der Waals surface area contributed by atoms with Crippen molar-refractivity contribution in [2.75, 3.05) is 37.6 Å². The van der Waals surface area contributed by atoms with Crippen molar-refractivity contribution in [1.82, 2.24) is 9.88 Å². The zero-order valence-electron chi connectivity index (χ0n) is 14.0. The van der Waals surface area contributed by atoms with Crippen molar-refractivity contribution in [2.45, 2.75) is 6.10 Å². The average Bonchev–Trinajstić information content (AvgIpc) is 3.10. The largest absolute Gasteiger partial charge is 0.387 e. The highest BCUT2D eigenvalue weighted by Gasteiger charge is 2.21. The fourth-order valence-electron chi connectivity index (χ4n) is 3.51. The van der Waals surface area contributed by atoms with Crippen LogP contribution in [0.4, 0.5) is 10.1 Å². The van der Waals surface area contributed by atoms with Gasteiger partial charge in [-0.25, -0.2) is 4.39 Å². The van der Waals surface area contributed by atoms with Crippen molar-refractivity contribution in [2.24, 2.45) is 0 Å². The predicted octanol–water partition coefficient (Wildman–Crippen LogP) is 3.16. The smallest absolute Gasteiger partial charge is 0.146 e. The third kappa shape index (κ3) is 3.38. The minimum absolute atomic E-state index is 0.171. The van der Waals surface area contributed by atoms with E-state index in [2.05, 4.69) is 14.8 Å². The van der Waals surface area contributed by atoms with Crippen molar-refractivity contribution in [3.8, 4) is 0 Å². The van der Waals surface area contributed by atoms with Gasteiger partial charge in [-0.05, 0) is 41.3 Å². The monoisotopic (exact) mass is 339 g/mol. The van der Waals surface area contributed by atoms with E-state index in [9.17, 15) is 9.50 Å². The molecule has 0 saturated carbocycles. The van der Waals surface area contributed by atoms with Crippen LogP contribution in [0.25, 0.3) is 10.9 Å². The number of fused-ring (bicyclic) bond motifs is 1. The summed E-state index contributed by atoms with van der Waals surface area (Å²) < 4.78 is 13.9. The number of β-amino-alcohol motifs (C(OH)–C–C–N with tert-alkyl or cyclic N) is 1. The molecule has 0 aliphatic carbocycles. The van der Waals surface area contributed by atoms with E-state index in [1.54, 1.807) is 6.07 Å². The second kappa shape index (κ2) is 6.86. The van der Waals surface area contributed by atoms with Gasteiger partial charge in [-0.15, -0.1) is 0 Å². The van der Waals surface area contributed by atoms with E-state index in [0.29, 0.717) is 12.2 Å². The lowest BCUT2D eigenvalue weighted by Gasteiger charge is -2.37. The van der Waals surface area contributed by atoms with Gasteiger partial charge in [-0.1, -0.05) is 18.2 Å². The lowest BCUT2D eigenvalue weighted by atomic mass is 10.1. The third-order valence-corrected chi connectivity index (χ3v) is 4.96. The van der Waals surface area contributed by atoms with Crippen molar-refractivity contribution >= 4 is 16.6 Å². The second-order valence-corrected chi connectivity index (χ2v) is 6.58. The Morgan fingerprint density at radius 2 is 1.84 bits per heavy atom. The van der Waals surface area contributed by atoms with E-state index in [1.807, 2.05) is 42.6 Å². The zero-order valence-corrected chi connectivity index (χ0v) is 14.0. The molecule has 1 unspecified atom stereocenters. The molecule has 4 nitrogen and oxygen atoms in total. The fraction of sp³-hybridized carbons (Fsp3) is 0.300. The number of rotatable bonds is 4. The predicted molar refractivity (Wildman–Crippen MR) is 98.3 cm³/mol. The molecule has 1 aliphatic rings. The molecule has 0 radical (unpaired) electrons. The summed E-state index contributed by atoms with van der Waals surface area (Å²) >= 11 is 0. The maximum absolute atomic E-state index is 13.9. The SMILES string of the molecule is OC(CN1CCN(c2ccccc2F)CC1)c1ccc2[nH]ccc2c1. The van der Waals surface area contributed by atoms with Crippen molar-refractivity contribution in [3.05, 3.63) is 66.1 Å². The van der Waals surface area contributed by atoms with Crippen molar-refractivity contribution < 1.29 is 9.50 Å². The number of hydrogen-bond acceptors (Lipinski definition) is 3. The van der Waals surface area contributed by atoms with E-state index in [-0.39, 0.29) is 5.82 Å². The van der Waals surface area contributed by atoms with Gasteiger partial charge < -0.3 is 15.0 Å². The second-order valence-electron chi connectivity index (χ2n) is 6.58. The topological polar surface area (TPSA) is 42.5 Å². The Morgan fingerprint density at radius 3 is 2.64 bits per heavy atom. The Balaban J connectivity index is 1.37. The molecule has 1 atom stereocenters. The maximum atomic E-state index is 13.9. The summed E-state index contributed by atoms with van der Waals surface area (Å²) in [7, 11) is 0. The van der Waals surface area contributed by atoms with Gasteiger partial charge in [0.05, 0.1) is 11.8 Å². The molecule has 1 saturated heterocycles. The molecule has 2 heterocycles. The lowest BCUT2D eigenvalue weighted by Crippen LogP contribution is -2.47. The van der Waals surface area contributed by atoms with Gasteiger partial charge in [-0.2, -0.15) is 0 Å². The van der Waals surface area contributed by atoms with E-state index in [4.69, 9.17) is 0 Å². The Labute approximate surface area is 146 Å². The number of hydrogen-bond donors (Lipinski definition) is 2. The Hall–Kier alpha value is -2.37. The number of aromatic amines is 1. The molecule has 2 aromatic carbocycles. The van der Waals surface area contributed by atoms with Crippen LogP contribution in [-0.2, 0) is 0 Å². The number of aliphatic hydroxyl groups excluding tert-OH is 1. The highest BCUT2D eigenvalue weighted by Crippen LogP contribution is 2.23. The van der Waals surface area contributed by atoms with Gasteiger partial charge in [0.25, 0.3) is 0 Å². The van der Waals surface area contributed by atoms with Crippen LogP contribution in [0, 0.1) is 5.82 Å². The summed E-state index contributed by atoms with van der Waals surface area (Å²) in [6.07, 6.45) is 1.39. The number of para-hydroxylation sites is 1. The van der Waals surface area contributed by atoms with Crippen LogP contribution >= 0.6 is 0 Å². The van der Waals surface area contributed by atoms with Gasteiger partial charge >= 0.3 is 0 Å². The zero-order chi connectivity index (χ0) is 17.2. The van der Waals surface area contributed by atoms with E-state index < -0.39 is 6.10 Å². The number of nitrogens with one attached hydrogen (secondary N) is 1. The molecule has 4 rings (SSSR count). The van der Waals surface area contributed by atoms with Crippen LogP contribution < -0.4 is 4.90 Å². The number of halogens is 1. The highest BCUT2D eigenvalue weighted by atomic mass is 19.1. The Kier molecular flexibility index (Phi) is 4.42. The number of piperazine rings is 1. The molecule has 3 aromatic rings. The molecule has 130 valence electrons.